The molecule has 146 valence electrons. The van der Waals surface area contributed by atoms with Gasteiger partial charge in [-0.05, 0) is 30.3 Å². The smallest absolute Gasteiger partial charge is 0.359 e. The monoisotopic (exact) mass is 392 g/mol. The number of aromatic nitrogens is 4. The summed E-state index contributed by atoms with van der Waals surface area (Å²) in [5.41, 5.74) is 0.480. The SMILES string of the molecule is COc1ccc(-c2noc(COC(=O)c3nn(C)c(=O)c4ccccc34)n2)cc1. The Labute approximate surface area is 164 Å². The van der Waals surface area contributed by atoms with Crippen molar-refractivity contribution in [1.29, 1.82) is 0 Å². The van der Waals surface area contributed by atoms with E-state index in [9.17, 15) is 9.59 Å². The second-order valence-corrected chi connectivity index (χ2v) is 6.14. The summed E-state index contributed by atoms with van der Waals surface area (Å²) in [7, 11) is 3.06. The summed E-state index contributed by atoms with van der Waals surface area (Å²) in [6, 6.07) is 13.9. The molecule has 0 N–H and O–H groups in total. The highest BCUT2D eigenvalue weighted by Gasteiger charge is 2.18. The second kappa shape index (κ2) is 7.55. The van der Waals surface area contributed by atoms with Crippen LogP contribution in [0.4, 0.5) is 0 Å². The Hall–Kier alpha value is -4.01. The number of rotatable bonds is 5. The molecule has 0 aliphatic heterocycles. The summed E-state index contributed by atoms with van der Waals surface area (Å²) in [6.07, 6.45) is 0. The van der Waals surface area contributed by atoms with Crippen LogP contribution in [0.25, 0.3) is 22.2 Å². The Balaban J connectivity index is 1.52. The number of carbonyl (C=O) groups is 1. The van der Waals surface area contributed by atoms with E-state index >= 15 is 0 Å². The summed E-state index contributed by atoms with van der Waals surface area (Å²) in [5.74, 6) is 0.520. The lowest BCUT2D eigenvalue weighted by Gasteiger charge is -2.07. The van der Waals surface area contributed by atoms with Crippen molar-refractivity contribution < 1.29 is 18.8 Å². The van der Waals surface area contributed by atoms with Crippen molar-refractivity contribution >= 4 is 16.7 Å². The summed E-state index contributed by atoms with van der Waals surface area (Å²) < 4.78 is 16.6. The van der Waals surface area contributed by atoms with E-state index < -0.39 is 5.97 Å². The zero-order chi connectivity index (χ0) is 20.4. The molecule has 4 aromatic rings. The lowest BCUT2D eigenvalue weighted by atomic mass is 10.1. The third-order valence-electron chi connectivity index (χ3n) is 4.29. The first-order chi connectivity index (χ1) is 14.1. The minimum Gasteiger partial charge on any atom is -0.497 e. The van der Waals surface area contributed by atoms with Crippen molar-refractivity contribution in [2.75, 3.05) is 7.11 Å². The van der Waals surface area contributed by atoms with Gasteiger partial charge < -0.3 is 14.0 Å². The van der Waals surface area contributed by atoms with Crippen LogP contribution in [-0.4, -0.2) is 33.0 Å². The predicted molar refractivity (Wildman–Crippen MR) is 102 cm³/mol. The van der Waals surface area contributed by atoms with Gasteiger partial charge in [0, 0.05) is 18.0 Å². The third kappa shape index (κ3) is 3.57. The Bertz CT molecular complexity index is 1240. The van der Waals surface area contributed by atoms with Crippen molar-refractivity contribution in [2.45, 2.75) is 6.61 Å². The van der Waals surface area contributed by atoms with E-state index in [1.165, 1.54) is 7.05 Å². The topological polar surface area (TPSA) is 109 Å². The van der Waals surface area contributed by atoms with E-state index in [1.807, 2.05) is 0 Å². The second-order valence-electron chi connectivity index (χ2n) is 6.14. The molecule has 0 saturated heterocycles. The normalized spacial score (nSPS) is 10.8. The number of benzene rings is 2. The molecule has 0 bridgehead atoms. The lowest BCUT2D eigenvalue weighted by Crippen LogP contribution is -2.23. The average Bonchev–Trinajstić information content (AvgIpc) is 3.24. The quantitative estimate of drug-likeness (QED) is 0.476. The molecule has 2 heterocycles. The maximum absolute atomic E-state index is 12.5. The van der Waals surface area contributed by atoms with Crippen LogP contribution in [0.5, 0.6) is 5.75 Å². The first-order valence-electron chi connectivity index (χ1n) is 8.67. The van der Waals surface area contributed by atoms with Crippen LogP contribution in [0, 0.1) is 0 Å². The number of nitrogens with zero attached hydrogens (tertiary/aromatic N) is 4. The Morgan fingerprint density at radius 2 is 1.83 bits per heavy atom. The molecule has 9 heteroatoms. The van der Waals surface area contributed by atoms with Crippen molar-refractivity contribution in [3.63, 3.8) is 0 Å². The van der Waals surface area contributed by atoms with Gasteiger partial charge in [-0.3, -0.25) is 4.79 Å². The molecule has 0 spiro atoms. The maximum atomic E-state index is 12.5. The van der Waals surface area contributed by atoms with Crippen molar-refractivity contribution in [2.24, 2.45) is 7.05 Å². The molecular formula is C20H16N4O5. The fourth-order valence-electron chi connectivity index (χ4n) is 2.82. The van der Waals surface area contributed by atoms with Crippen molar-refractivity contribution in [3.8, 4) is 17.1 Å². The molecule has 4 rings (SSSR count). The molecular weight excluding hydrogens is 376 g/mol. The van der Waals surface area contributed by atoms with E-state index in [1.54, 1.807) is 55.6 Å². The largest absolute Gasteiger partial charge is 0.497 e. The van der Waals surface area contributed by atoms with Crippen LogP contribution in [0.15, 0.2) is 57.8 Å². The van der Waals surface area contributed by atoms with Gasteiger partial charge in [0.15, 0.2) is 12.3 Å². The van der Waals surface area contributed by atoms with Gasteiger partial charge in [-0.1, -0.05) is 23.4 Å². The van der Waals surface area contributed by atoms with Gasteiger partial charge in [0.1, 0.15) is 5.75 Å². The minimum absolute atomic E-state index is 0.0394. The number of ether oxygens (including phenoxy) is 2. The number of hydrogen-bond donors (Lipinski definition) is 0. The summed E-state index contributed by atoms with van der Waals surface area (Å²) in [5, 5.41) is 8.73. The molecule has 9 nitrogen and oxygen atoms in total. The molecule has 0 aliphatic carbocycles. The summed E-state index contributed by atoms with van der Waals surface area (Å²) in [6.45, 7) is -0.221. The number of aryl methyl sites for hydroxylation is 1. The van der Waals surface area contributed by atoms with Crippen LogP contribution in [-0.2, 0) is 18.4 Å². The molecule has 0 atom stereocenters. The van der Waals surface area contributed by atoms with Gasteiger partial charge in [-0.2, -0.15) is 10.1 Å². The molecule has 0 radical (unpaired) electrons. The zero-order valence-electron chi connectivity index (χ0n) is 15.7. The Morgan fingerprint density at radius 1 is 1.10 bits per heavy atom. The first kappa shape index (κ1) is 18.4. The fourth-order valence-corrected chi connectivity index (χ4v) is 2.82. The molecule has 0 fully saturated rings. The van der Waals surface area contributed by atoms with Crippen molar-refractivity contribution in [3.05, 3.63) is 70.5 Å². The van der Waals surface area contributed by atoms with Gasteiger partial charge >= 0.3 is 5.97 Å². The maximum Gasteiger partial charge on any atom is 0.359 e. The number of hydrogen-bond acceptors (Lipinski definition) is 8. The summed E-state index contributed by atoms with van der Waals surface area (Å²) in [4.78, 5) is 28.9. The van der Waals surface area contributed by atoms with Crippen LogP contribution in [0.3, 0.4) is 0 Å². The Morgan fingerprint density at radius 3 is 2.55 bits per heavy atom. The third-order valence-corrected chi connectivity index (χ3v) is 4.29. The van der Waals surface area contributed by atoms with Crippen LogP contribution in [0.2, 0.25) is 0 Å². The van der Waals surface area contributed by atoms with Gasteiger partial charge in [0.25, 0.3) is 11.4 Å². The van der Waals surface area contributed by atoms with Crippen LogP contribution < -0.4 is 10.3 Å². The molecule has 0 saturated carbocycles. The zero-order valence-corrected chi connectivity index (χ0v) is 15.7. The van der Waals surface area contributed by atoms with Gasteiger partial charge in [-0.15, -0.1) is 0 Å². The number of fused-ring (bicyclic) bond motifs is 1. The molecule has 0 unspecified atom stereocenters. The van der Waals surface area contributed by atoms with E-state index in [2.05, 4.69) is 15.2 Å². The number of methoxy groups -OCH3 is 1. The molecule has 2 aromatic heterocycles. The predicted octanol–water partition coefficient (Wildman–Crippen LogP) is 2.35. The lowest BCUT2D eigenvalue weighted by molar-refractivity contribution is 0.0423. The molecule has 0 amide bonds. The molecule has 0 aliphatic rings. The molecule has 29 heavy (non-hydrogen) atoms. The first-order valence-corrected chi connectivity index (χ1v) is 8.67. The molecule has 2 aromatic carbocycles. The minimum atomic E-state index is -0.694. The van der Waals surface area contributed by atoms with E-state index in [-0.39, 0.29) is 23.8 Å². The van der Waals surface area contributed by atoms with Gasteiger partial charge in [0.05, 0.1) is 12.5 Å². The average molecular weight is 392 g/mol. The number of carbonyl (C=O) groups excluding carboxylic acids is 1. The highest BCUT2D eigenvalue weighted by molar-refractivity contribution is 6.02. The van der Waals surface area contributed by atoms with E-state index in [4.69, 9.17) is 14.0 Å². The van der Waals surface area contributed by atoms with Gasteiger partial charge in [-0.25, -0.2) is 9.48 Å². The van der Waals surface area contributed by atoms with Crippen LogP contribution >= 0.6 is 0 Å². The fraction of sp³-hybridized carbons (Fsp3) is 0.150. The number of esters is 1. The summed E-state index contributed by atoms with van der Waals surface area (Å²) >= 11 is 0. The van der Waals surface area contributed by atoms with Crippen LogP contribution in [0.1, 0.15) is 16.4 Å². The standard InChI is InChI=1S/C20H16N4O5/c1-24-19(25)15-6-4-3-5-14(15)17(22-24)20(26)28-11-16-21-18(23-29-16)12-7-9-13(27-2)10-8-12/h3-10H,11H2,1-2H3. The van der Waals surface area contributed by atoms with Crippen molar-refractivity contribution in [1.82, 2.24) is 19.9 Å². The van der Waals surface area contributed by atoms with E-state index in [0.29, 0.717) is 22.3 Å². The highest BCUT2D eigenvalue weighted by Crippen LogP contribution is 2.20. The Kier molecular flexibility index (Phi) is 4.78. The van der Waals surface area contributed by atoms with Gasteiger partial charge in [0.2, 0.25) is 5.82 Å². The highest BCUT2D eigenvalue weighted by atomic mass is 16.6. The van der Waals surface area contributed by atoms with E-state index in [0.717, 1.165) is 10.2 Å².